The maximum atomic E-state index is 12.5. The van der Waals surface area contributed by atoms with Gasteiger partial charge in [0.15, 0.2) is 0 Å². The average Bonchev–Trinajstić information content (AvgIpc) is 2.69. The Morgan fingerprint density at radius 2 is 2.04 bits per heavy atom. The molecule has 3 atom stereocenters. The number of hydrogen-bond donors (Lipinski definition) is 3. The van der Waals surface area contributed by atoms with Crippen LogP contribution in [0.1, 0.15) is 18.5 Å². The Morgan fingerprint density at radius 3 is 2.64 bits per heavy atom. The molecule has 2 heterocycles. The second kappa shape index (κ2) is 8.03. The third kappa shape index (κ3) is 3.73. The molecule has 0 aliphatic carbocycles. The number of nitrogens with zero attached hydrogens (tertiary/aromatic N) is 1. The third-order valence-corrected chi connectivity index (χ3v) is 5.78. The number of nitrogens with one attached hydrogen (secondary N) is 1. The molecule has 0 bridgehead atoms. The summed E-state index contributed by atoms with van der Waals surface area (Å²) in [5, 5.41) is 11.6. The van der Waals surface area contributed by atoms with Crippen LogP contribution in [0.4, 0.5) is 0 Å². The lowest BCUT2D eigenvalue weighted by atomic mass is 10.0. The summed E-state index contributed by atoms with van der Waals surface area (Å²) in [6.45, 7) is 1.02. The zero-order chi connectivity index (χ0) is 20.4. The van der Waals surface area contributed by atoms with Crippen molar-refractivity contribution in [2.45, 2.75) is 24.4 Å². The van der Waals surface area contributed by atoms with Gasteiger partial charge in [-0.2, -0.15) is 0 Å². The highest BCUT2D eigenvalue weighted by Gasteiger charge is 2.54. The molecule has 4 N–H and O–H groups in total. The first-order valence-electron chi connectivity index (χ1n) is 8.45. The van der Waals surface area contributed by atoms with Crippen molar-refractivity contribution in [3.8, 4) is 0 Å². The molecule has 148 valence electrons. The lowest BCUT2D eigenvalue weighted by Crippen LogP contribution is -2.71. The van der Waals surface area contributed by atoms with Gasteiger partial charge in [-0.1, -0.05) is 30.3 Å². The van der Waals surface area contributed by atoms with Crippen LogP contribution in [-0.4, -0.2) is 57.5 Å². The number of thioether (sulfide) groups is 1. The van der Waals surface area contributed by atoms with Gasteiger partial charge in [-0.15, -0.1) is 11.8 Å². The summed E-state index contributed by atoms with van der Waals surface area (Å²) in [4.78, 5) is 48.7. The number of amides is 2. The van der Waals surface area contributed by atoms with Crippen LogP contribution < -0.4 is 11.1 Å². The smallest absolute Gasteiger partial charge is 0.352 e. The third-order valence-electron chi connectivity index (χ3n) is 4.44. The molecule has 2 amide bonds. The van der Waals surface area contributed by atoms with E-state index in [1.165, 1.54) is 18.7 Å². The summed E-state index contributed by atoms with van der Waals surface area (Å²) in [6.07, 6.45) is 0. The Kier molecular flexibility index (Phi) is 5.71. The molecule has 0 radical (unpaired) electrons. The molecule has 10 heteroatoms. The largest absolute Gasteiger partial charge is 0.477 e. The SMILES string of the molecule is CC(=O)OCC1=C(C(=O)O)N2C(=O)[C@@H](NC(=O)[C@H](N)c3ccccc3)C2SC1. The Morgan fingerprint density at radius 1 is 1.36 bits per heavy atom. The summed E-state index contributed by atoms with van der Waals surface area (Å²) >= 11 is 1.29. The first-order valence-corrected chi connectivity index (χ1v) is 9.50. The Balaban J connectivity index is 1.72. The predicted octanol–water partition coefficient (Wildman–Crippen LogP) is -0.0119. The number of ether oxygens (including phenoxy) is 1. The van der Waals surface area contributed by atoms with E-state index in [0.29, 0.717) is 11.1 Å². The van der Waals surface area contributed by atoms with E-state index in [1.807, 2.05) is 0 Å². The topological polar surface area (TPSA) is 139 Å². The summed E-state index contributed by atoms with van der Waals surface area (Å²) < 4.78 is 4.88. The van der Waals surface area contributed by atoms with E-state index in [1.54, 1.807) is 30.3 Å². The number of carboxylic acids is 1. The number of carbonyl (C=O) groups excluding carboxylic acids is 3. The van der Waals surface area contributed by atoms with Gasteiger partial charge < -0.3 is 20.9 Å². The lowest BCUT2D eigenvalue weighted by molar-refractivity contribution is -0.151. The lowest BCUT2D eigenvalue weighted by Gasteiger charge is -2.49. The van der Waals surface area contributed by atoms with Crippen LogP contribution in [0.3, 0.4) is 0 Å². The molecule has 0 spiro atoms. The molecule has 1 aromatic rings. The number of hydrogen-bond acceptors (Lipinski definition) is 7. The first kappa shape index (κ1) is 19.9. The van der Waals surface area contributed by atoms with Gasteiger partial charge in [0.05, 0.1) is 0 Å². The van der Waals surface area contributed by atoms with Crippen LogP contribution in [0.15, 0.2) is 41.6 Å². The fourth-order valence-corrected chi connectivity index (χ4v) is 4.37. The Bertz CT molecular complexity index is 856. The van der Waals surface area contributed by atoms with Gasteiger partial charge in [0.25, 0.3) is 5.91 Å². The second-order valence-electron chi connectivity index (χ2n) is 6.32. The van der Waals surface area contributed by atoms with E-state index in [2.05, 4.69) is 5.32 Å². The minimum atomic E-state index is -1.29. The highest BCUT2D eigenvalue weighted by atomic mass is 32.2. The Labute approximate surface area is 164 Å². The average molecular weight is 405 g/mol. The quantitative estimate of drug-likeness (QED) is 0.444. The van der Waals surface area contributed by atoms with Gasteiger partial charge in [0.2, 0.25) is 5.91 Å². The van der Waals surface area contributed by atoms with Crippen LogP contribution in [0.25, 0.3) is 0 Å². The van der Waals surface area contributed by atoms with Crippen LogP contribution in [0, 0.1) is 0 Å². The van der Waals surface area contributed by atoms with Crippen LogP contribution >= 0.6 is 11.8 Å². The molecular weight excluding hydrogens is 386 g/mol. The molecule has 28 heavy (non-hydrogen) atoms. The van der Waals surface area contributed by atoms with Crippen molar-refractivity contribution in [2.75, 3.05) is 12.4 Å². The van der Waals surface area contributed by atoms with Crippen LogP contribution in [0.5, 0.6) is 0 Å². The van der Waals surface area contributed by atoms with Crippen LogP contribution in [0.2, 0.25) is 0 Å². The zero-order valence-corrected chi connectivity index (χ0v) is 15.8. The summed E-state index contributed by atoms with van der Waals surface area (Å²) in [6, 6.07) is 6.92. The molecular formula is C18H19N3O6S. The fraction of sp³-hybridized carbons (Fsp3) is 0.333. The number of benzene rings is 1. The molecule has 2 aliphatic rings. The van der Waals surface area contributed by atoms with E-state index >= 15 is 0 Å². The van der Waals surface area contributed by atoms with E-state index < -0.39 is 41.2 Å². The van der Waals surface area contributed by atoms with Gasteiger partial charge in [-0.05, 0) is 5.56 Å². The summed E-state index contributed by atoms with van der Waals surface area (Å²) in [5.41, 5.74) is 6.69. The number of β-lactam (4-membered cyclic amide) rings is 1. The van der Waals surface area contributed by atoms with Gasteiger partial charge in [-0.25, -0.2) is 4.79 Å². The molecule has 0 saturated carbocycles. The monoisotopic (exact) mass is 405 g/mol. The fourth-order valence-electron chi connectivity index (χ4n) is 3.04. The van der Waals surface area contributed by atoms with Crippen molar-refractivity contribution in [2.24, 2.45) is 5.73 Å². The molecule has 0 aromatic heterocycles. The molecule has 9 nitrogen and oxygen atoms in total. The van der Waals surface area contributed by atoms with Crippen molar-refractivity contribution in [1.29, 1.82) is 0 Å². The van der Waals surface area contributed by atoms with Gasteiger partial charge in [0, 0.05) is 18.2 Å². The van der Waals surface area contributed by atoms with E-state index in [-0.39, 0.29) is 18.1 Å². The van der Waals surface area contributed by atoms with Gasteiger partial charge in [0.1, 0.15) is 29.8 Å². The van der Waals surface area contributed by atoms with Crippen molar-refractivity contribution in [3.63, 3.8) is 0 Å². The Hall–Kier alpha value is -2.85. The number of carboxylic acid groups (broad SMARTS) is 1. The predicted molar refractivity (Wildman–Crippen MR) is 99.7 cm³/mol. The van der Waals surface area contributed by atoms with Crippen molar-refractivity contribution in [1.82, 2.24) is 10.2 Å². The van der Waals surface area contributed by atoms with Crippen LogP contribution in [-0.2, 0) is 23.9 Å². The molecule has 3 rings (SSSR count). The second-order valence-corrected chi connectivity index (χ2v) is 7.43. The summed E-state index contributed by atoms with van der Waals surface area (Å²) in [5.74, 6) is -2.62. The van der Waals surface area contributed by atoms with Gasteiger partial charge in [-0.3, -0.25) is 19.3 Å². The van der Waals surface area contributed by atoms with Crippen molar-refractivity contribution in [3.05, 3.63) is 47.2 Å². The number of rotatable bonds is 6. The number of aliphatic carboxylic acids is 1. The van der Waals surface area contributed by atoms with E-state index in [0.717, 1.165) is 4.90 Å². The summed E-state index contributed by atoms with van der Waals surface area (Å²) in [7, 11) is 0. The van der Waals surface area contributed by atoms with Gasteiger partial charge >= 0.3 is 11.9 Å². The highest BCUT2D eigenvalue weighted by Crippen LogP contribution is 2.40. The number of carbonyl (C=O) groups is 4. The first-order chi connectivity index (χ1) is 13.3. The zero-order valence-electron chi connectivity index (χ0n) is 15.0. The molecule has 1 aromatic carbocycles. The normalized spacial score (nSPS) is 22.1. The minimum absolute atomic E-state index is 0.198. The minimum Gasteiger partial charge on any atom is -0.477 e. The maximum Gasteiger partial charge on any atom is 0.352 e. The standard InChI is InChI=1S/C18H19N3O6S/c1-9(22)27-7-11-8-28-17-13(16(24)21(17)14(11)18(25)26)20-15(23)12(19)10-5-3-2-4-6-10/h2-6,12-13,17H,7-8,19H2,1H3,(H,20,23)(H,25,26)/t12-,13-,17?/m1/s1. The molecule has 2 aliphatic heterocycles. The molecule has 1 unspecified atom stereocenters. The van der Waals surface area contributed by atoms with E-state index in [9.17, 15) is 24.3 Å². The highest BCUT2D eigenvalue weighted by molar-refractivity contribution is 8.00. The number of fused-ring (bicyclic) bond motifs is 1. The molecule has 1 saturated heterocycles. The van der Waals surface area contributed by atoms with Crippen molar-refractivity contribution < 1.29 is 29.0 Å². The van der Waals surface area contributed by atoms with Crippen molar-refractivity contribution >= 4 is 35.5 Å². The maximum absolute atomic E-state index is 12.5. The number of esters is 1. The number of nitrogens with two attached hydrogens (primary N) is 1. The van der Waals surface area contributed by atoms with E-state index in [4.69, 9.17) is 10.5 Å². The molecule has 1 fully saturated rings.